The number of rotatable bonds is 3. The molecule has 0 saturated carbocycles. The number of carbonyl (C=O) groups excluding carboxylic acids is 1. The van der Waals surface area contributed by atoms with E-state index in [4.69, 9.17) is 11.6 Å². The van der Waals surface area contributed by atoms with E-state index in [-0.39, 0.29) is 5.91 Å². The molecule has 0 unspecified atom stereocenters. The third-order valence-electron chi connectivity index (χ3n) is 2.47. The van der Waals surface area contributed by atoms with Gasteiger partial charge in [-0.1, -0.05) is 0 Å². The van der Waals surface area contributed by atoms with Crippen molar-refractivity contribution in [1.29, 1.82) is 0 Å². The highest BCUT2D eigenvalue weighted by Gasteiger charge is 2.08. The summed E-state index contributed by atoms with van der Waals surface area (Å²) in [6.45, 7) is 1.91. The van der Waals surface area contributed by atoms with Gasteiger partial charge in [0.05, 0.1) is 17.6 Å². The first-order chi connectivity index (χ1) is 8.11. The van der Waals surface area contributed by atoms with Crippen molar-refractivity contribution in [3.63, 3.8) is 0 Å². The Labute approximate surface area is 104 Å². The molecule has 2 aromatic rings. The van der Waals surface area contributed by atoms with Crippen LogP contribution in [0.1, 0.15) is 12.1 Å². The van der Waals surface area contributed by atoms with Crippen molar-refractivity contribution in [3.05, 3.63) is 18.0 Å². The van der Waals surface area contributed by atoms with Crippen molar-refractivity contribution in [3.8, 4) is 0 Å². The van der Waals surface area contributed by atoms with E-state index in [1.807, 2.05) is 20.0 Å². The zero-order chi connectivity index (χ0) is 12.4. The second kappa shape index (κ2) is 4.71. The van der Waals surface area contributed by atoms with Gasteiger partial charge in [-0.2, -0.15) is 5.10 Å². The maximum atomic E-state index is 11.4. The Hall–Kier alpha value is -1.62. The number of amides is 1. The molecule has 5 nitrogen and oxygen atoms in total. The number of pyridine rings is 1. The van der Waals surface area contributed by atoms with Gasteiger partial charge in [-0.15, -0.1) is 11.6 Å². The summed E-state index contributed by atoms with van der Waals surface area (Å²) >= 11 is 5.50. The van der Waals surface area contributed by atoms with Crippen molar-refractivity contribution in [2.45, 2.75) is 13.3 Å². The van der Waals surface area contributed by atoms with E-state index in [0.29, 0.717) is 18.0 Å². The van der Waals surface area contributed by atoms with E-state index < -0.39 is 0 Å². The summed E-state index contributed by atoms with van der Waals surface area (Å²) in [5.74, 6) is 0.204. The third kappa shape index (κ3) is 2.39. The molecule has 1 N–H and O–H groups in total. The summed E-state index contributed by atoms with van der Waals surface area (Å²) < 4.78 is 1.72. The van der Waals surface area contributed by atoms with Crippen LogP contribution >= 0.6 is 11.6 Å². The number of carbonyl (C=O) groups is 1. The van der Waals surface area contributed by atoms with E-state index in [9.17, 15) is 4.79 Å². The molecule has 0 radical (unpaired) electrons. The molecule has 0 atom stereocenters. The smallest absolute Gasteiger partial charge is 0.225 e. The lowest BCUT2D eigenvalue weighted by molar-refractivity contribution is -0.115. The second-order valence-electron chi connectivity index (χ2n) is 3.79. The topological polar surface area (TPSA) is 59.8 Å². The van der Waals surface area contributed by atoms with Crippen LogP contribution in [-0.2, 0) is 11.8 Å². The van der Waals surface area contributed by atoms with Gasteiger partial charge in [-0.3, -0.25) is 9.48 Å². The summed E-state index contributed by atoms with van der Waals surface area (Å²) in [4.78, 5) is 15.7. The van der Waals surface area contributed by atoms with Crippen LogP contribution in [0.3, 0.4) is 0 Å². The molecule has 17 heavy (non-hydrogen) atoms. The average molecular weight is 253 g/mol. The van der Waals surface area contributed by atoms with Gasteiger partial charge in [-0.25, -0.2) is 4.98 Å². The highest BCUT2D eigenvalue weighted by Crippen LogP contribution is 2.19. The molecule has 90 valence electrons. The zero-order valence-electron chi connectivity index (χ0n) is 9.70. The zero-order valence-corrected chi connectivity index (χ0v) is 10.5. The van der Waals surface area contributed by atoms with Crippen molar-refractivity contribution < 1.29 is 4.79 Å². The van der Waals surface area contributed by atoms with Crippen LogP contribution in [0.2, 0.25) is 0 Å². The van der Waals surface area contributed by atoms with Crippen LogP contribution < -0.4 is 5.32 Å². The summed E-state index contributed by atoms with van der Waals surface area (Å²) in [5.41, 5.74) is 2.37. The normalized spacial score (nSPS) is 10.8. The summed E-state index contributed by atoms with van der Waals surface area (Å²) in [6.07, 6.45) is 1.92. The lowest BCUT2D eigenvalue weighted by Crippen LogP contribution is -2.11. The Morgan fingerprint density at radius 1 is 1.59 bits per heavy atom. The maximum absolute atomic E-state index is 11.4. The largest absolute Gasteiger partial charge is 0.325 e. The molecule has 2 aromatic heterocycles. The fourth-order valence-electron chi connectivity index (χ4n) is 1.69. The van der Waals surface area contributed by atoms with E-state index >= 15 is 0 Å². The Balaban J connectivity index is 2.31. The molecule has 0 bridgehead atoms. The Kier molecular flexibility index (Phi) is 3.28. The van der Waals surface area contributed by atoms with E-state index in [0.717, 1.165) is 16.7 Å². The molecule has 0 saturated heterocycles. The molecule has 0 aliphatic carbocycles. The van der Waals surface area contributed by atoms with E-state index in [1.54, 1.807) is 10.9 Å². The number of hydrogen-bond donors (Lipinski definition) is 1. The molecule has 0 aliphatic rings. The fraction of sp³-hybridized carbons (Fsp3) is 0.364. The van der Waals surface area contributed by atoms with Crippen molar-refractivity contribution >= 4 is 34.2 Å². The van der Waals surface area contributed by atoms with Crippen LogP contribution in [0.25, 0.3) is 11.0 Å². The van der Waals surface area contributed by atoms with Gasteiger partial charge in [-0.05, 0) is 13.0 Å². The SMILES string of the molecule is Cc1nn(C)c2ncc(NC(=O)CCCl)cc12. The van der Waals surface area contributed by atoms with Gasteiger partial charge in [0, 0.05) is 24.7 Å². The number of nitrogens with one attached hydrogen (secondary N) is 1. The third-order valence-corrected chi connectivity index (χ3v) is 2.66. The van der Waals surface area contributed by atoms with Crippen molar-refractivity contribution in [2.24, 2.45) is 7.05 Å². The molecule has 6 heteroatoms. The van der Waals surface area contributed by atoms with Crippen LogP contribution in [0.15, 0.2) is 12.3 Å². The lowest BCUT2D eigenvalue weighted by atomic mass is 10.2. The standard InChI is InChI=1S/C11H13ClN4O/c1-7-9-5-8(14-10(17)3-4-12)6-13-11(9)16(2)15-7/h5-6H,3-4H2,1-2H3,(H,14,17). The lowest BCUT2D eigenvalue weighted by Gasteiger charge is -2.03. The van der Waals surface area contributed by atoms with Crippen molar-refractivity contribution in [1.82, 2.24) is 14.8 Å². The number of aromatic nitrogens is 3. The summed E-state index contributed by atoms with van der Waals surface area (Å²) in [6, 6.07) is 1.87. The first-order valence-electron chi connectivity index (χ1n) is 5.27. The second-order valence-corrected chi connectivity index (χ2v) is 4.17. The number of fused-ring (bicyclic) bond motifs is 1. The number of anilines is 1. The van der Waals surface area contributed by atoms with Crippen molar-refractivity contribution in [2.75, 3.05) is 11.2 Å². The Morgan fingerprint density at radius 2 is 2.35 bits per heavy atom. The van der Waals surface area contributed by atoms with Gasteiger partial charge in [0.25, 0.3) is 0 Å². The van der Waals surface area contributed by atoms with Crippen LogP contribution in [0.4, 0.5) is 5.69 Å². The number of nitrogens with zero attached hydrogens (tertiary/aromatic N) is 3. The molecule has 2 heterocycles. The molecular formula is C11H13ClN4O. The fourth-order valence-corrected chi connectivity index (χ4v) is 1.86. The monoisotopic (exact) mass is 252 g/mol. The highest BCUT2D eigenvalue weighted by atomic mass is 35.5. The summed E-state index contributed by atoms with van der Waals surface area (Å²) in [7, 11) is 1.84. The van der Waals surface area contributed by atoms with E-state index in [2.05, 4.69) is 15.4 Å². The quantitative estimate of drug-likeness (QED) is 0.848. The first-order valence-corrected chi connectivity index (χ1v) is 5.80. The predicted molar refractivity (Wildman–Crippen MR) is 67.2 cm³/mol. The van der Waals surface area contributed by atoms with Gasteiger partial charge in [0.2, 0.25) is 5.91 Å². The minimum absolute atomic E-state index is 0.109. The minimum Gasteiger partial charge on any atom is -0.325 e. The van der Waals surface area contributed by atoms with Crippen LogP contribution in [-0.4, -0.2) is 26.6 Å². The van der Waals surface area contributed by atoms with Crippen LogP contribution in [0.5, 0.6) is 0 Å². The average Bonchev–Trinajstić information content (AvgIpc) is 2.55. The van der Waals surface area contributed by atoms with Crippen LogP contribution in [0, 0.1) is 6.92 Å². The van der Waals surface area contributed by atoms with Gasteiger partial charge >= 0.3 is 0 Å². The summed E-state index contributed by atoms with van der Waals surface area (Å²) in [5, 5.41) is 7.96. The maximum Gasteiger partial charge on any atom is 0.225 e. The van der Waals surface area contributed by atoms with Gasteiger partial charge in [0.15, 0.2) is 5.65 Å². The highest BCUT2D eigenvalue weighted by molar-refractivity contribution is 6.19. The number of aryl methyl sites for hydroxylation is 2. The Morgan fingerprint density at radius 3 is 3.06 bits per heavy atom. The Bertz CT molecular complexity index is 564. The molecule has 0 aromatic carbocycles. The predicted octanol–water partition coefficient (Wildman–Crippen LogP) is 1.84. The molecule has 0 spiro atoms. The molecule has 1 amide bonds. The minimum atomic E-state index is -0.109. The molecular weight excluding hydrogens is 240 g/mol. The number of alkyl halides is 1. The van der Waals surface area contributed by atoms with E-state index in [1.165, 1.54) is 0 Å². The molecule has 0 aliphatic heterocycles. The molecule has 0 fully saturated rings. The van der Waals surface area contributed by atoms with Gasteiger partial charge < -0.3 is 5.32 Å². The number of hydrogen-bond acceptors (Lipinski definition) is 3. The first kappa shape index (κ1) is 11.9. The van der Waals surface area contributed by atoms with Gasteiger partial charge in [0.1, 0.15) is 0 Å². The number of halogens is 1. The molecule has 2 rings (SSSR count).